The molecular weight excluding hydrogens is 364 g/mol. The lowest BCUT2D eigenvalue weighted by Crippen LogP contribution is -2.31. The lowest BCUT2D eigenvalue weighted by atomic mass is 10.0. The Morgan fingerprint density at radius 3 is 2.59 bits per heavy atom. The second-order valence-electron chi connectivity index (χ2n) is 6.12. The largest absolute Gasteiger partial charge is 0.469 e. The number of carbonyl (C=O) groups is 2. The Kier molecular flexibility index (Phi) is 5.71. The highest BCUT2D eigenvalue weighted by Crippen LogP contribution is 2.26. The Morgan fingerprint density at radius 2 is 1.96 bits per heavy atom. The van der Waals surface area contributed by atoms with Crippen LogP contribution in [0.1, 0.15) is 39.8 Å². The quantitative estimate of drug-likeness (QED) is 0.648. The Bertz CT molecular complexity index is 930. The van der Waals surface area contributed by atoms with E-state index in [-0.39, 0.29) is 12.1 Å². The molecule has 2 aromatic heterocycles. The van der Waals surface area contributed by atoms with Crippen LogP contribution in [0.4, 0.5) is 0 Å². The van der Waals surface area contributed by atoms with Gasteiger partial charge in [-0.2, -0.15) is 0 Å². The summed E-state index contributed by atoms with van der Waals surface area (Å²) in [4.78, 5) is 29.8. The molecule has 6 nitrogen and oxygen atoms in total. The third kappa shape index (κ3) is 4.43. The number of ether oxygens (including phenoxy) is 1. The van der Waals surface area contributed by atoms with E-state index < -0.39 is 17.9 Å². The minimum atomic E-state index is -0.521. The van der Waals surface area contributed by atoms with E-state index in [1.54, 1.807) is 6.92 Å². The van der Waals surface area contributed by atoms with Gasteiger partial charge in [0.15, 0.2) is 5.69 Å². The van der Waals surface area contributed by atoms with Crippen LogP contribution in [0.2, 0.25) is 0 Å². The van der Waals surface area contributed by atoms with E-state index in [2.05, 4.69) is 10.3 Å². The zero-order chi connectivity index (χ0) is 19.4. The monoisotopic (exact) mass is 384 g/mol. The van der Waals surface area contributed by atoms with Crippen LogP contribution in [0.3, 0.4) is 0 Å². The number of aryl methyl sites for hydroxylation is 2. The minimum Gasteiger partial charge on any atom is -0.469 e. The summed E-state index contributed by atoms with van der Waals surface area (Å²) >= 11 is 1.48. The van der Waals surface area contributed by atoms with Gasteiger partial charge in [0, 0.05) is 0 Å². The summed E-state index contributed by atoms with van der Waals surface area (Å²) in [5.74, 6) is 0.0367. The van der Waals surface area contributed by atoms with Crippen LogP contribution in [0, 0.1) is 13.8 Å². The summed E-state index contributed by atoms with van der Waals surface area (Å²) in [5.41, 5.74) is 2.12. The second kappa shape index (κ2) is 8.18. The first-order valence-electron chi connectivity index (χ1n) is 8.43. The van der Waals surface area contributed by atoms with Gasteiger partial charge < -0.3 is 14.5 Å². The van der Waals surface area contributed by atoms with E-state index in [1.165, 1.54) is 18.4 Å². The van der Waals surface area contributed by atoms with Gasteiger partial charge in [-0.15, -0.1) is 11.3 Å². The fraction of sp³-hybridized carbons (Fsp3) is 0.250. The van der Waals surface area contributed by atoms with Crippen molar-refractivity contribution < 1.29 is 18.7 Å². The number of esters is 1. The van der Waals surface area contributed by atoms with E-state index in [9.17, 15) is 9.59 Å². The minimum absolute atomic E-state index is 0.0278. The number of amides is 1. The van der Waals surface area contributed by atoms with E-state index in [4.69, 9.17) is 9.15 Å². The third-order valence-electron chi connectivity index (χ3n) is 4.13. The number of hydrogen-bond acceptors (Lipinski definition) is 6. The average molecular weight is 384 g/mol. The SMILES string of the molecule is COC(=O)CC(NC(=O)c1nc(-c2cccs2)oc1C)c1ccc(C)cc1. The van der Waals surface area contributed by atoms with E-state index >= 15 is 0 Å². The van der Waals surface area contributed by atoms with E-state index in [0.717, 1.165) is 16.0 Å². The second-order valence-corrected chi connectivity index (χ2v) is 7.07. The van der Waals surface area contributed by atoms with Crippen LogP contribution < -0.4 is 5.32 Å². The lowest BCUT2D eigenvalue weighted by Gasteiger charge is -2.18. The van der Waals surface area contributed by atoms with Gasteiger partial charge in [-0.05, 0) is 30.9 Å². The molecule has 3 aromatic rings. The fourth-order valence-electron chi connectivity index (χ4n) is 2.64. The topological polar surface area (TPSA) is 81.4 Å². The number of thiophene rings is 1. The molecule has 1 amide bonds. The van der Waals surface area contributed by atoms with Gasteiger partial charge in [0.05, 0.1) is 24.4 Å². The molecule has 0 aliphatic rings. The summed E-state index contributed by atoms with van der Waals surface area (Å²) in [7, 11) is 1.32. The van der Waals surface area contributed by atoms with Crippen molar-refractivity contribution in [3.8, 4) is 10.8 Å². The first kappa shape index (κ1) is 18.8. The Balaban J connectivity index is 1.83. The van der Waals surface area contributed by atoms with Crippen molar-refractivity contribution in [1.29, 1.82) is 0 Å². The van der Waals surface area contributed by atoms with Crippen LogP contribution in [-0.4, -0.2) is 24.0 Å². The highest BCUT2D eigenvalue weighted by molar-refractivity contribution is 7.13. The van der Waals surface area contributed by atoms with Gasteiger partial charge in [0.1, 0.15) is 5.76 Å². The zero-order valence-electron chi connectivity index (χ0n) is 15.3. The molecule has 140 valence electrons. The van der Waals surface area contributed by atoms with Crippen LogP contribution in [0.15, 0.2) is 46.2 Å². The molecule has 1 aromatic carbocycles. The number of methoxy groups -OCH3 is 1. The molecule has 0 saturated heterocycles. The summed E-state index contributed by atoms with van der Waals surface area (Å²) in [5, 5.41) is 4.79. The van der Waals surface area contributed by atoms with Gasteiger partial charge in [0.25, 0.3) is 5.91 Å². The first-order valence-corrected chi connectivity index (χ1v) is 9.31. The highest BCUT2D eigenvalue weighted by atomic mass is 32.1. The Hall–Kier alpha value is -2.93. The van der Waals surface area contributed by atoms with Crippen molar-refractivity contribution in [1.82, 2.24) is 10.3 Å². The number of nitrogens with zero attached hydrogens (tertiary/aromatic N) is 1. The van der Waals surface area contributed by atoms with Crippen molar-refractivity contribution in [2.75, 3.05) is 7.11 Å². The lowest BCUT2D eigenvalue weighted by molar-refractivity contribution is -0.141. The van der Waals surface area contributed by atoms with Crippen molar-refractivity contribution in [2.24, 2.45) is 0 Å². The van der Waals surface area contributed by atoms with Gasteiger partial charge >= 0.3 is 5.97 Å². The van der Waals surface area contributed by atoms with Gasteiger partial charge in [0.2, 0.25) is 5.89 Å². The summed E-state index contributed by atoms with van der Waals surface area (Å²) < 4.78 is 10.4. The average Bonchev–Trinajstić information content (AvgIpc) is 3.31. The van der Waals surface area contributed by atoms with Crippen LogP contribution in [0.5, 0.6) is 0 Å². The number of nitrogens with one attached hydrogen (secondary N) is 1. The number of benzene rings is 1. The summed E-state index contributed by atoms with van der Waals surface area (Å²) in [6.45, 7) is 3.67. The van der Waals surface area contributed by atoms with E-state index in [0.29, 0.717) is 11.7 Å². The van der Waals surface area contributed by atoms with Crippen LogP contribution in [0.25, 0.3) is 10.8 Å². The van der Waals surface area contributed by atoms with Crippen LogP contribution >= 0.6 is 11.3 Å². The summed E-state index contributed by atoms with van der Waals surface area (Å²) in [6.07, 6.45) is 0.0278. The summed E-state index contributed by atoms with van der Waals surface area (Å²) in [6, 6.07) is 10.9. The fourth-order valence-corrected chi connectivity index (χ4v) is 3.29. The predicted molar refractivity (Wildman–Crippen MR) is 103 cm³/mol. The molecule has 2 heterocycles. The number of hydrogen-bond donors (Lipinski definition) is 1. The van der Waals surface area contributed by atoms with E-state index in [1.807, 2.05) is 48.7 Å². The first-order chi connectivity index (χ1) is 13.0. The zero-order valence-corrected chi connectivity index (χ0v) is 16.1. The van der Waals surface area contributed by atoms with Gasteiger partial charge in [-0.25, -0.2) is 4.98 Å². The van der Waals surface area contributed by atoms with Crippen molar-refractivity contribution >= 4 is 23.2 Å². The Morgan fingerprint density at radius 1 is 1.22 bits per heavy atom. The van der Waals surface area contributed by atoms with Crippen LogP contribution in [-0.2, 0) is 9.53 Å². The highest BCUT2D eigenvalue weighted by Gasteiger charge is 2.24. The number of rotatable bonds is 6. The molecule has 0 radical (unpaired) electrons. The predicted octanol–water partition coefficient (Wildman–Crippen LogP) is 4.05. The molecule has 0 aliphatic carbocycles. The number of oxazole rings is 1. The normalized spacial score (nSPS) is 11.8. The molecule has 7 heteroatoms. The molecule has 1 unspecified atom stereocenters. The molecule has 0 bridgehead atoms. The van der Waals surface area contributed by atoms with Crippen molar-refractivity contribution in [3.63, 3.8) is 0 Å². The molecule has 0 spiro atoms. The smallest absolute Gasteiger partial charge is 0.307 e. The van der Waals surface area contributed by atoms with Crippen molar-refractivity contribution in [3.05, 3.63) is 64.4 Å². The molecule has 0 fully saturated rings. The molecule has 1 atom stereocenters. The van der Waals surface area contributed by atoms with Gasteiger partial charge in [-0.1, -0.05) is 35.9 Å². The number of carbonyl (C=O) groups excluding carboxylic acids is 2. The number of aromatic nitrogens is 1. The molecule has 1 N–H and O–H groups in total. The molecule has 0 saturated carbocycles. The Labute approximate surface area is 161 Å². The third-order valence-corrected chi connectivity index (χ3v) is 4.98. The molecule has 0 aliphatic heterocycles. The van der Waals surface area contributed by atoms with Gasteiger partial charge in [-0.3, -0.25) is 9.59 Å². The molecular formula is C20H20N2O4S. The van der Waals surface area contributed by atoms with Crippen molar-refractivity contribution in [2.45, 2.75) is 26.3 Å². The maximum absolute atomic E-state index is 12.8. The molecule has 27 heavy (non-hydrogen) atoms. The standard InChI is InChI=1S/C20H20N2O4S/c1-12-6-8-14(9-7-12)15(11-17(23)25-3)21-19(24)18-13(2)26-20(22-18)16-5-4-10-27-16/h4-10,15H,11H2,1-3H3,(H,21,24). The molecule has 3 rings (SSSR count). The maximum Gasteiger partial charge on any atom is 0.307 e. The maximum atomic E-state index is 12.8.